The molecule has 0 aliphatic carbocycles. The van der Waals surface area contributed by atoms with Crippen LogP contribution in [0.15, 0.2) is 52.0 Å². The van der Waals surface area contributed by atoms with Crippen LogP contribution in [0.1, 0.15) is 11.5 Å². The molecule has 0 unspecified atom stereocenters. The molecule has 0 saturated heterocycles. The fourth-order valence-electron chi connectivity index (χ4n) is 1.92. The highest BCUT2D eigenvalue weighted by molar-refractivity contribution is 7.89. The Bertz CT molecular complexity index is 958. The molecule has 0 aliphatic heterocycles. The Morgan fingerprint density at radius 3 is 2.62 bits per heavy atom. The minimum absolute atomic E-state index is 0.0759. The zero-order valence-corrected chi connectivity index (χ0v) is 14.2. The van der Waals surface area contributed by atoms with Crippen LogP contribution in [0.4, 0.5) is 0 Å². The molecule has 7 nitrogen and oxygen atoms in total. The van der Waals surface area contributed by atoms with E-state index in [1.807, 2.05) is 0 Å². The standard InChI is InChI=1S/C15H13ClN4O3S/c1-10-2-3-12(8-13(10)16)24(21,22)18-9-14-19-20-15(23-14)11-4-6-17-7-5-11/h2-8,18H,9H2,1H3. The monoisotopic (exact) mass is 364 g/mol. The van der Waals surface area contributed by atoms with E-state index in [-0.39, 0.29) is 17.3 Å². The number of pyridine rings is 1. The van der Waals surface area contributed by atoms with Crippen LogP contribution in [0.25, 0.3) is 11.5 Å². The largest absolute Gasteiger partial charge is 0.419 e. The van der Waals surface area contributed by atoms with Gasteiger partial charge < -0.3 is 4.42 Å². The number of hydrogen-bond donors (Lipinski definition) is 1. The van der Waals surface area contributed by atoms with Gasteiger partial charge in [-0.15, -0.1) is 10.2 Å². The van der Waals surface area contributed by atoms with E-state index in [1.54, 1.807) is 37.5 Å². The molecule has 3 rings (SSSR count). The van der Waals surface area contributed by atoms with Crippen molar-refractivity contribution < 1.29 is 12.8 Å². The molecule has 0 saturated carbocycles. The Balaban J connectivity index is 1.73. The molecule has 9 heteroatoms. The van der Waals surface area contributed by atoms with E-state index in [2.05, 4.69) is 19.9 Å². The average Bonchev–Trinajstić information content (AvgIpc) is 3.05. The molecule has 0 fully saturated rings. The Hall–Kier alpha value is -2.29. The predicted molar refractivity (Wildman–Crippen MR) is 87.7 cm³/mol. The third-order valence-corrected chi connectivity index (χ3v) is 5.07. The Kier molecular flexibility index (Phi) is 4.61. The lowest BCUT2D eigenvalue weighted by atomic mass is 10.2. The van der Waals surface area contributed by atoms with Gasteiger partial charge in [0.1, 0.15) is 0 Å². The first-order valence-corrected chi connectivity index (χ1v) is 8.80. The number of hydrogen-bond acceptors (Lipinski definition) is 6. The molecule has 0 amide bonds. The van der Waals surface area contributed by atoms with Gasteiger partial charge in [-0.25, -0.2) is 13.1 Å². The zero-order chi connectivity index (χ0) is 17.2. The van der Waals surface area contributed by atoms with Crippen LogP contribution < -0.4 is 4.72 Å². The number of aryl methyl sites for hydroxylation is 1. The summed E-state index contributed by atoms with van der Waals surface area (Å²) >= 11 is 5.97. The maximum atomic E-state index is 12.3. The first kappa shape index (κ1) is 16.6. The van der Waals surface area contributed by atoms with Gasteiger partial charge in [0.05, 0.1) is 11.4 Å². The molecule has 24 heavy (non-hydrogen) atoms. The van der Waals surface area contributed by atoms with E-state index in [4.69, 9.17) is 16.0 Å². The maximum absolute atomic E-state index is 12.3. The van der Waals surface area contributed by atoms with Crippen LogP contribution in [-0.4, -0.2) is 23.6 Å². The second-order valence-corrected chi connectivity index (χ2v) is 7.15. The summed E-state index contributed by atoms with van der Waals surface area (Å²) in [7, 11) is -3.73. The lowest BCUT2D eigenvalue weighted by Crippen LogP contribution is -2.23. The third kappa shape index (κ3) is 3.61. The number of aromatic nitrogens is 3. The summed E-state index contributed by atoms with van der Waals surface area (Å²) in [6, 6.07) is 7.96. The average molecular weight is 365 g/mol. The van der Waals surface area contributed by atoms with Gasteiger partial charge in [-0.3, -0.25) is 4.98 Å². The number of sulfonamides is 1. The van der Waals surface area contributed by atoms with Gasteiger partial charge in [-0.1, -0.05) is 17.7 Å². The van der Waals surface area contributed by atoms with Crippen LogP contribution in [0.5, 0.6) is 0 Å². The molecule has 1 aromatic carbocycles. The zero-order valence-electron chi connectivity index (χ0n) is 12.6. The molecule has 124 valence electrons. The quantitative estimate of drug-likeness (QED) is 0.747. The van der Waals surface area contributed by atoms with Crippen molar-refractivity contribution in [2.75, 3.05) is 0 Å². The lowest BCUT2D eigenvalue weighted by Gasteiger charge is -2.06. The smallest absolute Gasteiger partial charge is 0.247 e. The van der Waals surface area contributed by atoms with Gasteiger partial charge in [0.15, 0.2) is 0 Å². The Morgan fingerprint density at radius 2 is 1.92 bits per heavy atom. The highest BCUT2D eigenvalue weighted by Crippen LogP contribution is 2.20. The summed E-state index contributed by atoms with van der Waals surface area (Å²) < 4.78 is 32.4. The second-order valence-electron chi connectivity index (χ2n) is 4.97. The molecular weight excluding hydrogens is 352 g/mol. The van der Waals surface area contributed by atoms with Crippen LogP contribution in [0, 0.1) is 6.92 Å². The van der Waals surface area contributed by atoms with Crippen molar-refractivity contribution >= 4 is 21.6 Å². The summed E-state index contributed by atoms with van der Waals surface area (Å²) in [5.41, 5.74) is 1.51. The number of nitrogens with one attached hydrogen (secondary N) is 1. The fraction of sp³-hybridized carbons (Fsp3) is 0.133. The van der Waals surface area contributed by atoms with Gasteiger partial charge >= 0.3 is 0 Å². The molecule has 0 atom stereocenters. The number of halogens is 1. The number of benzene rings is 1. The van der Waals surface area contributed by atoms with E-state index in [9.17, 15) is 8.42 Å². The Labute approximate surface area is 143 Å². The van der Waals surface area contributed by atoms with E-state index in [0.29, 0.717) is 16.5 Å². The summed E-state index contributed by atoms with van der Waals surface area (Å²) in [6.45, 7) is 1.68. The maximum Gasteiger partial charge on any atom is 0.247 e. The van der Waals surface area contributed by atoms with Crippen molar-refractivity contribution in [3.63, 3.8) is 0 Å². The first-order valence-electron chi connectivity index (χ1n) is 6.94. The van der Waals surface area contributed by atoms with Crippen molar-refractivity contribution in [1.82, 2.24) is 19.9 Å². The van der Waals surface area contributed by atoms with Crippen LogP contribution >= 0.6 is 11.6 Å². The fourth-order valence-corrected chi connectivity index (χ4v) is 3.16. The second kappa shape index (κ2) is 6.68. The highest BCUT2D eigenvalue weighted by Gasteiger charge is 2.17. The van der Waals surface area contributed by atoms with Crippen molar-refractivity contribution in [3.8, 4) is 11.5 Å². The highest BCUT2D eigenvalue weighted by atomic mass is 35.5. The van der Waals surface area contributed by atoms with E-state index < -0.39 is 10.0 Å². The molecule has 0 spiro atoms. The summed E-state index contributed by atoms with van der Waals surface area (Å²) in [5, 5.41) is 8.10. The topological polar surface area (TPSA) is 98.0 Å². The van der Waals surface area contributed by atoms with Gasteiger partial charge in [-0.2, -0.15) is 0 Å². The lowest BCUT2D eigenvalue weighted by molar-refractivity contribution is 0.494. The summed E-state index contributed by atoms with van der Waals surface area (Å²) in [4.78, 5) is 3.98. The van der Waals surface area contributed by atoms with Crippen molar-refractivity contribution in [2.24, 2.45) is 0 Å². The van der Waals surface area contributed by atoms with Gasteiger partial charge in [-0.05, 0) is 36.8 Å². The van der Waals surface area contributed by atoms with Gasteiger partial charge in [0, 0.05) is 23.0 Å². The normalized spacial score (nSPS) is 11.6. The van der Waals surface area contributed by atoms with E-state index in [1.165, 1.54) is 12.1 Å². The predicted octanol–water partition coefficient (Wildman–Crippen LogP) is 2.57. The molecule has 0 bridgehead atoms. The van der Waals surface area contributed by atoms with Gasteiger partial charge in [0.25, 0.3) is 0 Å². The minimum atomic E-state index is -3.73. The molecule has 3 aromatic rings. The molecule has 1 N–H and O–H groups in total. The summed E-state index contributed by atoms with van der Waals surface area (Å²) in [5.74, 6) is 0.452. The first-order chi connectivity index (χ1) is 11.5. The molecule has 0 aliphatic rings. The molecule has 2 aromatic heterocycles. The molecular formula is C15H13ClN4O3S. The van der Waals surface area contributed by atoms with Crippen molar-refractivity contribution in [2.45, 2.75) is 18.4 Å². The SMILES string of the molecule is Cc1ccc(S(=O)(=O)NCc2nnc(-c3ccncc3)o2)cc1Cl. The van der Waals surface area contributed by atoms with Crippen LogP contribution in [-0.2, 0) is 16.6 Å². The molecule has 2 heterocycles. The van der Waals surface area contributed by atoms with Crippen LogP contribution in [0.2, 0.25) is 5.02 Å². The third-order valence-electron chi connectivity index (χ3n) is 3.26. The van der Waals surface area contributed by atoms with Crippen LogP contribution in [0.3, 0.4) is 0 Å². The minimum Gasteiger partial charge on any atom is -0.419 e. The summed E-state index contributed by atoms with van der Waals surface area (Å²) in [6.07, 6.45) is 3.20. The van der Waals surface area contributed by atoms with E-state index in [0.717, 1.165) is 5.56 Å². The number of nitrogens with zero attached hydrogens (tertiary/aromatic N) is 3. The van der Waals surface area contributed by atoms with Gasteiger partial charge in [0.2, 0.25) is 21.8 Å². The van der Waals surface area contributed by atoms with Crippen molar-refractivity contribution in [3.05, 3.63) is 59.2 Å². The Morgan fingerprint density at radius 1 is 1.17 bits per heavy atom. The number of rotatable bonds is 5. The van der Waals surface area contributed by atoms with Crippen molar-refractivity contribution in [1.29, 1.82) is 0 Å². The molecule has 0 radical (unpaired) electrons. The van der Waals surface area contributed by atoms with E-state index >= 15 is 0 Å².